The minimum atomic E-state index is -0.797. The standard InChI is InChI=1S/C63H112O6/c1-4-7-10-13-16-19-22-25-28-29-30-31-32-33-36-38-41-44-47-50-53-56-62(65)68-59-60(69-63(66)57-54-51-48-45-42-39-35-27-24-21-18-15-12-9-6-3)58-67-61(64)55-52-49-46-43-40-37-34-26-23-20-17-14-11-8-5-2/h18,21,25-28,34-35,42,45,60H,4-17,19-20,22-24,29-33,36-41,43-44,46-59H2,1-3H3/b21-18-,28-25-,34-26-,35-27-,45-42-/t60-/m0/s1. The fourth-order valence-electron chi connectivity index (χ4n) is 8.44. The lowest BCUT2D eigenvalue weighted by molar-refractivity contribution is -0.167. The fraction of sp³-hybridized carbons (Fsp3) is 0.794. The van der Waals surface area contributed by atoms with E-state index in [4.69, 9.17) is 14.2 Å². The second-order valence-corrected chi connectivity index (χ2v) is 19.9. The molecule has 0 spiro atoms. The summed E-state index contributed by atoms with van der Waals surface area (Å²) in [4.78, 5) is 38.2. The van der Waals surface area contributed by atoms with Gasteiger partial charge in [-0.3, -0.25) is 14.4 Å². The Bertz CT molecular complexity index is 1250. The van der Waals surface area contributed by atoms with Gasteiger partial charge < -0.3 is 14.2 Å². The number of esters is 3. The van der Waals surface area contributed by atoms with Crippen LogP contribution in [0.15, 0.2) is 60.8 Å². The summed E-state index contributed by atoms with van der Waals surface area (Å²) in [6.07, 6.45) is 72.2. The molecule has 6 nitrogen and oxygen atoms in total. The number of hydrogen-bond donors (Lipinski definition) is 0. The first-order valence-electron chi connectivity index (χ1n) is 29.8. The number of carbonyl (C=O) groups is 3. The molecule has 0 radical (unpaired) electrons. The van der Waals surface area contributed by atoms with Crippen LogP contribution in [0.1, 0.15) is 303 Å². The first-order chi connectivity index (χ1) is 34.0. The van der Waals surface area contributed by atoms with Gasteiger partial charge in [0.05, 0.1) is 0 Å². The smallest absolute Gasteiger partial charge is 0.306 e. The number of rotatable bonds is 54. The highest BCUT2D eigenvalue weighted by Crippen LogP contribution is 2.15. The highest BCUT2D eigenvalue weighted by molar-refractivity contribution is 5.71. The molecule has 0 aromatic carbocycles. The van der Waals surface area contributed by atoms with Crippen molar-refractivity contribution >= 4 is 17.9 Å². The summed E-state index contributed by atoms with van der Waals surface area (Å²) in [6, 6.07) is 0. The lowest BCUT2D eigenvalue weighted by Gasteiger charge is -2.18. The Morgan fingerprint density at radius 3 is 0.884 bits per heavy atom. The molecule has 0 aliphatic carbocycles. The summed E-state index contributed by atoms with van der Waals surface area (Å²) in [6.45, 7) is 6.59. The lowest BCUT2D eigenvalue weighted by Crippen LogP contribution is -2.30. The van der Waals surface area contributed by atoms with E-state index < -0.39 is 6.10 Å². The Kier molecular flexibility index (Phi) is 55.3. The minimum absolute atomic E-state index is 0.0912. The Balaban J connectivity index is 4.38. The van der Waals surface area contributed by atoms with Crippen LogP contribution in [-0.2, 0) is 28.6 Å². The van der Waals surface area contributed by atoms with Gasteiger partial charge in [-0.1, -0.05) is 236 Å². The first-order valence-corrected chi connectivity index (χ1v) is 29.8. The summed E-state index contributed by atoms with van der Waals surface area (Å²) in [7, 11) is 0. The first kappa shape index (κ1) is 66.1. The highest BCUT2D eigenvalue weighted by atomic mass is 16.6. The van der Waals surface area contributed by atoms with Gasteiger partial charge in [0.25, 0.3) is 0 Å². The molecule has 6 heteroatoms. The van der Waals surface area contributed by atoms with E-state index >= 15 is 0 Å². The van der Waals surface area contributed by atoms with Crippen molar-refractivity contribution < 1.29 is 28.6 Å². The second kappa shape index (κ2) is 57.7. The molecule has 0 aromatic heterocycles. The molecule has 0 fully saturated rings. The van der Waals surface area contributed by atoms with Gasteiger partial charge in [0, 0.05) is 19.3 Å². The molecule has 0 bridgehead atoms. The molecule has 0 N–H and O–H groups in total. The summed E-state index contributed by atoms with van der Waals surface area (Å²) < 4.78 is 16.8. The maximum Gasteiger partial charge on any atom is 0.306 e. The third-order valence-corrected chi connectivity index (χ3v) is 13.0. The summed E-state index contributed by atoms with van der Waals surface area (Å²) in [5.74, 6) is -0.928. The van der Waals surface area contributed by atoms with Crippen LogP contribution in [0.25, 0.3) is 0 Å². The second-order valence-electron chi connectivity index (χ2n) is 19.9. The SMILES string of the molecule is CCCCC/C=C\C/C=C\C/C=C\CCCCC(=O)O[C@@H](COC(=O)CCCCCCC/C=C\CCCCCCCC)COC(=O)CCCCCCCCCCCCC/C=C\CCCCCCCC. The van der Waals surface area contributed by atoms with Crippen LogP contribution in [0.5, 0.6) is 0 Å². The van der Waals surface area contributed by atoms with Gasteiger partial charge in [-0.05, 0) is 109 Å². The van der Waals surface area contributed by atoms with Gasteiger partial charge in [0.1, 0.15) is 13.2 Å². The van der Waals surface area contributed by atoms with Gasteiger partial charge in [-0.25, -0.2) is 0 Å². The average molecular weight is 966 g/mol. The summed E-state index contributed by atoms with van der Waals surface area (Å²) in [5, 5.41) is 0. The van der Waals surface area contributed by atoms with Crippen LogP contribution >= 0.6 is 0 Å². The zero-order chi connectivity index (χ0) is 50.0. The Hall–Kier alpha value is -2.89. The normalized spacial score (nSPS) is 12.4. The van der Waals surface area contributed by atoms with Gasteiger partial charge in [-0.15, -0.1) is 0 Å². The molecular weight excluding hydrogens is 853 g/mol. The maximum atomic E-state index is 12.8. The molecule has 0 aliphatic heterocycles. The molecule has 400 valence electrons. The highest BCUT2D eigenvalue weighted by Gasteiger charge is 2.19. The van der Waals surface area contributed by atoms with Crippen molar-refractivity contribution in [2.45, 2.75) is 309 Å². The van der Waals surface area contributed by atoms with Gasteiger partial charge in [0.15, 0.2) is 6.10 Å². The van der Waals surface area contributed by atoms with Crippen LogP contribution in [0, 0.1) is 0 Å². The third-order valence-electron chi connectivity index (χ3n) is 13.0. The zero-order valence-corrected chi connectivity index (χ0v) is 45.8. The largest absolute Gasteiger partial charge is 0.462 e. The molecule has 0 heterocycles. The van der Waals surface area contributed by atoms with Gasteiger partial charge >= 0.3 is 17.9 Å². The van der Waals surface area contributed by atoms with Crippen molar-refractivity contribution in [1.82, 2.24) is 0 Å². The van der Waals surface area contributed by atoms with Crippen LogP contribution in [-0.4, -0.2) is 37.2 Å². The summed E-state index contributed by atoms with van der Waals surface area (Å²) in [5.41, 5.74) is 0. The predicted molar refractivity (Wildman–Crippen MR) is 298 cm³/mol. The van der Waals surface area contributed by atoms with E-state index in [9.17, 15) is 14.4 Å². The fourth-order valence-corrected chi connectivity index (χ4v) is 8.44. The molecule has 0 unspecified atom stereocenters. The van der Waals surface area contributed by atoms with E-state index in [1.54, 1.807) is 0 Å². The number of ether oxygens (including phenoxy) is 3. The van der Waals surface area contributed by atoms with Crippen LogP contribution in [0.3, 0.4) is 0 Å². The van der Waals surface area contributed by atoms with Crippen LogP contribution in [0.4, 0.5) is 0 Å². The minimum Gasteiger partial charge on any atom is -0.462 e. The van der Waals surface area contributed by atoms with Crippen LogP contribution in [0.2, 0.25) is 0 Å². The van der Waals surface area contributed by atoms with Crippen molar-refractivity contribution in [3.8, 4) is 0 Å². The quantitative estimate of drug-likeness (QED) is 0.0262. The topological polar surface area (TPSA) is 78.9 Å². The van der Waals surface area contributed by atoms with Crippen molar-refractivity contribution in [2.75, 3.05) is 13.2 Å². The van der Waals surface area contributed by atoms with E-state index in [1.165, 1.54) is 186 Å². The maximum absolute atomic E-state index is 12.8. The molecule has 0 amide bonds. The Labute approximate surface area is 428 Å². The predicted octanol–water partition coefficient (Wildman–Crippen LogP) is 20.0. The molecule has 0 saturated carbocycles. The van der Waals surface area contributed by atoms with Crippen molar-refractivity contribution in [1.29, 1.82) is 0 Å². The lowest BCUT2D eigenvalue weighted by atomic mass is 10.0. The van der Waals surface area contributed by atoms with E-state index in [2.05, 4.69) is 81.5 Å². The van der Waals surface area contributed by atoms with E-state index in [0.29, 0.717) is 19.3 Å². The molecule has 0 saturated heterocycles. The van der Waals surface area contributed by atoms with Crippen molar-refractivity contribution in [3.05, 3.63) is 60.8 Å². The number of allylic oxidation sites excluding steroid dienone is 10. The Morgan fingerprint density at radius 2 is 0.522 bits per heavy atom. The van der Waals surface area contributed by atoms with Gasteiger partial charge in [-0.2, -0.15) is 0 Å². The van der Waals surface area contributed by atoms with E-state index in [1.807, 2.05) is 0 Å². The van der Waals surface area contributed by atoms with Crippen LogP contribution < -0.4 is 0 Å². The molecule has 0 rings (SSSR count). The molecule has 69 heavy (non-hydrogen) atoms. The molecular formula is C63H112O6. The van der Waals surface area contributed by atoms with Gasteiger partial charge in [0.2, 0.25) is 0 Å². The number of carbonyl (C=O) groups excluding carboxylic acids is 3. The Morgan fingerprint density at radius 1 is 0.290 bits per heavy atom. The number of hydrogen-bond acceptors (Lipinski definition) is 6. The monoisotopic (exact) mass is 965 g/mol. The molecule has 0 aromatic rings. The summed E-state index contributed by atoms with van der Waals surface area (Å²) >= 11 is 0. The average Bonchev–Trinajstić information content (AvgIpc) is 3.35. The van der Waals surface area contributed by atoms with Crippen molar-refractivity contribution in [3.63, 3.8) is 0 Å². The van der Waals surface area contributed by atoms with E-state index in [-0.39, 0.29) is 37.5 Å². The van der Waals surface area contributed by atoms with Crippen molar-refractivity contribution in [2.24, 2.45) is 0 Å². The third kappa shape index (κ3) is 55.9. The van der Waals surface area contributed by atoms with E-state index in [0.717, 1.165) is 70.6 Å². The molecule has 0 aliphatic rings. The zero-order valence-electron chi connectivity index (χ0n) is 45.8. The molecule has 1 atom stereocenters. The number of unbranched alkanes of at least 4 members (excludes halogenated alkanes) is 33.